The molecule has 0 saturated carbocycles. The molecule has 0 saturated heterocycles. The lowest BCUT2D eigenvalue weighted by Gasteiger charge is -2.23. The summed E-state index contributed by atoms with van der Waals surface area (Å²) in [5.74, 6) is 0. The number of halogens is 1. The zero-order chi connectivity index (χ0) is 14.4. The first-order chi connectivity index (χ1) is 9.72. The Bertz CT molecular complexity index is 464. The first-order valence-electron chi connectivity index (χ1n) is 7.90. The fourth-order valence-corrected chi connectivity index (χ4v) is 3.15. The average molecular weight is 336 g/mol. The highest BCUT2D eigenvalue weighted by Crippen LogP contribution is 2.31. The van der Waals surface area contributed by atoms with E-state index in [9.17, 15) is 0 Å². The van der Waals surface area contributed by atoms with Crippen LogP contribution in [0.25, 0.3) is 0 Å². The summed E-state index contributed by atoms with van der Waals surface area (Å²) >= 11 is 3.60. The quantitative estimate of drug-likeness (QED) is 0.681. The van der Waals surface area contributed by atoms with Crippen molar-refractivity contribution in [2.75, 3.05) is 6.54 Å². The van der Waals surface area contributed by atoms with E-state index in [1.165, 1.54) is 54.1 Å². The minimum absolute atomic E-state index is 0.403. The number of benzene rings is 1. The van der Waals surface area contributed by atoms with Crippen molar-refractivity contribution >= 4 is 15.9 Å². The number of nitrogens with one attached hydrogen (secondary N) is 1. The van der Waals surface area contributed by atoms with Crippen molar-refractivity contribution in [2.45, 2.75) is 58.4 Å². The summed E-state index contributed by atoms with van der Waals surface area (Å²) in [5.41, 5.74) is 4.32. The summed E-state index contributed by atoms with van der Waals surface area (Å²) < 4.78 is 1.20. The van der Waals surface area contributed by atoms with Crippen LogP contribution in [0.5, 0.6) is 0 Å². The molecule has 0 radical (unpaired) electrons. The van der Waals surface area contributed by atoms with E-state index in [0.29, 0.717) is 6.04 Å². The van der Waals surface area contributed by atoms with Gasteiger partial charge in [0, 0.05) is 4.47 Å². The molecule has 0 amide bonds. The monoisotopic (exact) mass is 335 g/mol. The van der Waals surface area contributed by atoms with Crippen LogP contribution in [0.3, 0.4) is 0 Å². The Morgan fingerprint density at radius 2 is 2.10 bits per heavy atom. The number of hydrogen-bond acceptors (Lipinski definition) is 1. The van der Waals surface area contributed by atoms with Crippen LogP contribution in [0.4, 0.5) is 0 Å². The highest BCUT2D eigenvalue weighted by Gasteiger charge is 2.17. The van der Waals surface area contributed by atoms with E-state index in [-0.39, 0.29) is 0 Å². The van der Waals surface area contributed by atoms with Gasteiger partial charge in [0.05, 0.1) is 6.04 Å². The van der Waals surface area contributed by atoms with Crippen molar-refractivity contribution in [3.8, 4) is 0 Å². The summed E-state index contributed by atoms with van der Waals surface area (Å²) in [6.07, 6.45) is 10.2. The Morgan fingerprint density at radius 1 is 1.25 bits per heavy atom. The lowest BCUT2D eigenvalue weighted by atomic mass is 9.94. The number of hydrogen-bond donors (Lipinski definition) is 1. The summed E-state index contributed by atoms with van der Waals surface area (Å²) in [4.78, 5) is 0. The number of aryl methyl sites for hydroxylation is 1. The molecule has 0 fully saturated rings. The third kappa shape index (κ3) is 4.20. The van der Waals surface area contributed by atoms with Crippen LogP contribution in [-0.4, -0.2) is 6.54 Å². The second kappa shape index (κ2) is 7.99. The molecule has 1 aromatic rings. The normalized spacial score (nSPS) is 17.4. The van der Waals surface area contributed by atoms with Crippen LogP contribution in [-0.2, 0) is 0 Å². The van der Waals surface area contributed by atoms with Gasteiger partial charge in [-0.05, 0) is 62.8 Å². The molecule has 0 bridgehead atoms. The first-order valence-corrected chi connectivity index (χ1v) is 8.70. The van der Waals surface area contributed by atoms with Crippen molar-refractivity contribution in [3.63, 3.8) is 0 Å². The van der Waals surface area contributed by atoms with Gasteiger partial charge in [-0.15, -0.1) is 0 Å². The van der Waals surface area contributed by atoms with Gasteiger partial charge in [0.25, 0.3) is 0 Å². The minimum atomic E-state index is 0.403. The van der Waals surface area contributed by atoms with E-state index in [1.807, 2.05) is 0 Å². The lowest BCUT2D eigenvalue weighted by molar-refractivity contribution is 0.567. The molecule has 1 nitrogen and oxygen atoms in total. The van der Waals surface area contributed by atoms with Gasteiger partial charge in [0.2, 0.25) is 0 Å². The zero-order valence-corrected chi connectivity index (χ0v) is 14.3. The van der Waals surface area contributed by atoms with Gasteiger partial charge in [-0.2, -0.15) is 0 Å². The molecule has 0 spiro atoms. The number of allylic oxidation sites excluding steroid dienone is 1. The molecule has 1 unspecified atom stereocenters. The highest BCUT2D eigenvalue weighted by atomic mass is 79.9. The Labute approximate surface area is 132 Å². The third-order valence-electron chi connectivity index (χ3n) is 4.06. The van der Waals surface area contributed by atoms with Crippen LogP contribution in [0.1, 0.15) is 62.6 Å². The van der Waals surface area contributed by atoms with E-state index < -0.39 is 0 Å². The highest BCUT2D eigenvalue weighted by molar-refractivity contribution is 9.10. The Morgan fingerprint density at radius 3 is 2.85 bits per heavy atom. The van der Waals surface area contributed by atoms with Crippen molar-refractivity contribution in [3.05, 3.63) is 45.4 Å². The van der Waals surface area contributed by atoms with Gasteiger partial charge in [-0.1, -0.05) is 53.1 Å². The van der Waals surface area contributed by atoms with Crippen molar-refractivity contribution < 1.29 is 0 Å². The van der Waals surface area contributed by atoms with Crippen LogP contribution in [0.2, 0.25) is 0 Å². The summed E-state index contributed by atoms with van der Waals surface area (Å²) in [7, 11) is 0. The van der Waals surface area contributed by atoms with E-state index in [2.05, 4.69) is 59.4 Å². The molecule has 20 heavy (non-hydrogen) atoms. The van der Waals surface area contributed by atoms with Gasteiger partial charge in [-0.25, -0.2) is 0 Å². The van der Waals surface area contributed by atoms with Gasteiger partial charge in [-0.3, -0.25) is 0 Å². The number of rotatable bonds is 5. The van der Waals surface area contributed by atoms with Crippen LogP contribution >= 0.6 is 15.9 Å². The molecule has 1 aliphatic carbocycles. The van der Waals surface area contributed by atoms with Crippen LogP contribution < -0.4 is 5.32 Å². The van der Waals surface area contributed by atoms with E-state index >= 15 is 0 Å². The maximum absolute atomic E-state index is 3.75. The van der Waals surface area contributed by atoms with E-state index in [0.717, 1.165) is 6.54 Å². The lowest BCUT2D eigenvalue weighted by Crippen LogP contribution is -2.24. The largest absolute Gasteiger partial charge is 0.307 e. The molecule has 1 aliphatic rings. The van der Waals surface area contributed by atoms with Crippen LogP contribution in [0, 0.1) is 6.92 Å². The molecule has 110 valence electrons. The predicted molar refractivity (Wildman–Crippen MR) is 91.1 cm³/mol. The Balaban J connectivity index is 2.25. The average Bonchev–Trinajstić information content (AvgIpc) is 2.72. The fraction of sp³-hybridized carbons (Fsp3) is 0.556. The standard InChI is InChI=1S/C18H26BrN/c1-3-12-20-18(15-8-6-4-5-7-9-15)16-10-11-17(19)14(2)13-16/h8,10-11,13,18,20H,3-7,9,12H2,1-2H3. The van der Waals surface area contributed by atoms with Crippen LogP contribution in [0.15, 0.2) is 34.3 Å². The smallest absolute Gasteiger partial charge is 0.0536 e. The third-order valence-corrected chi connectivity index (χ3v) is 4.95. The second-order valence-electron chi connectivity index (χ2n) is 5.77. The summed E-state index contributed by atoms with van der Waals surface area (Å²) in [5, 5.41) is 3.75. The van der Waals surface area contributed by atoms with Crippen molar-refractivity contribution in [2.24, 2.45) is 0 Å². The van der Waals surface area contributed by atoms with Gasteiger partial charge < -0.3 is 5.32 Å². The molecule has 1 N–H and O–H groups in total. The molecule has 0 aromatic heterocycles. The minimum Gasteiger partial charge on any atom is -0.307 e. The maximum Gasteiger partial charge on any atom is 0.0536 e. The van der Waals surface area contributed by atoms with E-state index in [4.69, 9.17) is 0 Å². The Kier molecular flexibility index (Phi) is 6.31. The SMILES string of the molecule is CCCNC(C1=CCCCCC1)c1ccc(Br)c(C)c1. The topological polar surface area (TPSA) is 12.0 Å². The molecular formula is C18H26BrN. The summed E-state index contributed by atoms with van der Waals surface area (Å²) in [6, 6.07) is 7.17. The molecule has 1 aromatic carbocycles. The molecule has 0 aliphatic heterocycles. The van der Waals surface area contributed by atoms with Gasteiger partial charge >= 0.3 is 0 Å². The Hall–Kier alpha value is -0.600. The first kappa shape index (κ1) is 15.8. The zero-order valence-electron chi connectivity index (χ0n) is 12.7. The molecule has 2 heteroatoms. The molecule has 0 heterocycles. The van der Waals surface area contributed by atoms with Gasteiger partial charge in [0.1, 0.15) is 0 Å². The molecule has 2 rings (SSSR count). The van der Waals surface area contributed by atoms with Gasteiger partial charge in [0.15, 0.2) is 0 Å². The molecule has 1 atom stereocenters. The predicted octanol–water partition coefficient (Wildman–Crippen LogP) is 5.69. The maximum atomic E-state index is 3.75. The second-order valence-corrected chi connectivity index (χ2v) is 6.63. The van der Waals surface area contributed by atoms with Crippen molar-refractivity contribution in [1.82, 2.24) is 5.32 Å². The molecular weight excluding hydrogens is 310 g/mol. The van der Waals surface area contributed by atoms with E-state index in [1.54, 1.807) is 5.57 Å². The van der Waals surface area contributed by atoms with Crippen molar-refractivity contribution in [1.29, 1.82) is 0 Å². The fourth-order valence-electron chi connectivity index (χ4n) is 2.90. The summed E-state index contributed by atoms with van der Waals surface area (Å²) in [6.45, 7) is 5.49.